The second kappa shape index (κ2) is 5.44. The van der Waals surface area contributed by atoms with E-state index in [1.54, 1.807) is 0 Å². The van der Waals surface area contributed by atoms with Crippen LogP contribution in [0.3, 0.4) is 0 Å². The molecular weight excluding hydrogens is 226 g/mol. The molecule has 3 nitrogen and oxygen atoms in total. The van der Waals surface area contributed by atoms with Gasteiger partial charge in [0.05, 0.1) is 18.9 Å². The molecule has 3 heteroatoms. The Balaban J connectivity index is 1.96. The second-order valence-electron chi connectivity index (χ2n) is 5.02. The van der Waals surface area contributed by atoms with Crippen molar-refractivity contribution in [2.75, 3.05) is 13.2 Å². The van der Waals surface area contributed by atoms with Crippen LogP contribution in [0.2, 0.25) is 0 Å². The summed E-state index contributed by atoms with van der Waals surface area (Å²) in [5, 5.41) is 3.55. The van der Waals surface area contributed by atoms with E-state index in [0.29, 0.717) is 6.61 Å². The normalized spacial score (nSPS) is 20.0. The van der Waals surface area contributed by atoms with Crippen LogP contribution in [0.15, 0.2) is 37.1 Å². The van der Waals surface area contributed by atoms with Crippen LogP contribution < -0.4 is 10.1 Å². The fraction of sp³-hybridized carbons (Fsp3) is 0.467. The van der Waals surface area contributed by atoms with Gasteiger partial charge in [-0.15, -0.1) is 0 Å². The zero-order valence-electron chi connectivity index (χ0n) is 11.1. The summed E-state index contributed by atoms with van der Waals surface area (Å²) >= 11 is 0. The van der Waals surface area contributed by atoms with Gasteiger partial charge in [-0.05, 0) is 32.9 Å². The van der Waals surface area contributed by atoms with Crippen LogP contribution in [0.4, 0.5) is 0 Å². The summed E-state index contributed by atoms with van der Waals surface area (Å²) in [5.41, 5.74) is 1.04. The lowest BCUT2D eigenvalue weighted by molar-refractivity contribution is 0.0954. The Morgan fingerprint density at radius 2 is 2.22 bits per heavy atom. The van der Waals surface area contributed by atoms with Crippen molar-refractivity contribution in [2.24, 2.45) is 0 Å². The van der Waals surface area contributed by atoms with Gasteiger partial charge >= 0.3 is 0 Å². The molecule has 18 heavy (non-hydrogen) atoms. The molecule has 1 aromatic rings. The van der Waals surface area contributed by atoms with Gasteiger partial charge in [0.1, 0.15) is 11.4 Å². The highest BCUT2D eigenvalue weighted by Gasteiger charge is 2.40. The van der Waals surface area contributed by atoms with E-state index in [-0.39, 0.29) is 11.6 Å². The summed E-state index contributed by atoms with van der Waals surface area (Å²) in [6.07, 6.45) is 2.44. The van der Waals surface area contributed by atoms with E-state index >= 15 is 0 Å². The largest absolute Gasteiger partial charge is 0.502 e. The number of para-hydroxylation sites is 1. The number of rotatable bonds is 6. The Kier molecular flexibility index (Phi) is 3.92. The third-order valence-electron chi connectivity index (χ3n) is 3.20. The van der Waals surface area contributed by atoms with Gasteiger partial charge in [-0.1, -0.05) is 24.8 Å². The van der Waals surface area contributed by atoms with Crippen molar-refractivity contribution >= 4 is 0 Å². The number of fused-ring (bicyclic) bond motifs is 1. The van der Waals surface area contributed by atoms with E-state index in [4.69, 9.17) is 9.47 Å². The Hall–Kier alpha value is -1.48. The predicted octanol–water partition coefficient (Wildman–Crippen LogP) is 3.04. The third kappa shape index (κ3) is 2.67. The topological polar surface area (TPSA) is 30.5 Å². The highest BCUT2D eigenvalue weighted by atomic mass is 16.5. The Labute approximate surface area is 109 Å². The highest BCUT2D eigenvalue weighted by molar-refractivity contribution is 5.42. The van der Waals surface area contributed by atoms with Gasteiger partial charge in [0, 0.05) is 5.56 Å². The quantitative estimate of drug-likeness (QED) is 0.619. The Morgan fingerprint density at radius 1 is 1.44 bits per heavy atom. The van der Waals surface area contributed by atoms with E-state index in [0.717, 1.165) is 18.7 Å². The van der Waals surface area contributed by atoms with Crippen LogP contribution in [0, 0.1) is 0 Å². The first kappa shape index (κ1) is 13.0. The number of benzene rings is 1. The lowest BCUT2D eigenvalue weighted by atomic mass is 9.94. The molecule has 0 spiro atoms. The molecule has 1 heterocycles. The van der Waals surface area contributed by atoms with Crippen molar-refractivity contribution in [2.45, 2.75) is 31.9 Å². The standard InChI is InChI=1S/C15H21NO2/c1-4-17-11-7-10-16-14-12-8-5-6-9-13(12)18-15(14,2)3/h4-6,8-9,14,16H,1,7,10-11H2,2-3H3. The van der Waals surface area contributed by atoms with Gasteiger partial charge < -0.3 is 14.8 Å². The number of nitrogens with one attached hydrogen (secondary N) is 1. The molecule has 0 saturated carbocycles. The molecule has 98 valence electrons. The summed E-state index contributed by atoms with van der Waals surface area (Å²) in [5.74, 6) is 0.988. The van der Waals surface area contributed by atoms with Crippen molar-refractivity contribution < 1.29 is 9.47 Å². The maximum absolute atomic E-state index is 5.98. The van der Waals surface area contributed by atoms with Crippen LogP contribution in [0.25, 0.3) is 0 Å². The van der Waals surface area contributed by atoms with E-state index in [9.17, 15) is 0 Å². The summed E-state index contributed by atoms with van der Waals surface area (Å²) in [6.45, 7) is 9.36. The molecule has 0 amide bonds. The van der Waals surface area contributed by atoms with Gasteiger partial charge in [-0.25, -0.2) is 0 Å². The van der Waals surface area contributed by atoms with Gasteiger partial charge in [-0.2, -0.15) is 0 Å². The molecule has 0 radical (unpaired) electrons. The van der Waals surface area contributed by atoms with E-state index in [2.05, 4.69) is 37.9 Å². The number of hydrogen-bond donors (Lipinski definition) is 1. The van der Waals surface area contributed by atoms with Crippen LogP contribution >= 0.6 is 0 Å². The monoisotopic (exact) mass is 247 g/mol. The predicted molar refractivity (Wildman–Crippen MR) is 72.7 cm³/mol. The highest BCUT2D eigenvalue weighted by Crippen LogP contribution is 2.42. The molecular formula is C15H21NO2. The Bertz CT molecular complexity index is 415. The summed E-state index contributed by atoms with van der Waals surface area (Å²) in [7, 11) is 0. The summed E-state index contributed by atoms with van der Waals surface area (Å²) in [4.78, 5) is 0. The minimum Gasteiger partial charge on any atom is -0.502 e. The van der Waals surface area contributed by atoms with Crippen molar-refractivity contribution in [1.82, 2.24) is 5.32 Å². The molecule has 1 aliphatic rings. The fourth-order valence-electron chi connectivity index (χ4n) is 2.37. The molecule has 1 N–H and O–H groups in total. The smallest absolute Gasteiger partial charge is 0.125 e. The molecule has 1 aliphatic heterocycles. The molecule has 1 atom stereocenters. The lowest BCUT2D eigenvalue weighted by Crippen LogP contribution is -2.39. The zero-order valence-corrected chi connectivity index (χ0v) is 11.1. The maximum atomic E-state index is 5.98. The van der Waals surface area contributed by atoms with Crippen LogP contribution in [0.5, 0.6) is 5.75 Å². The zero-order chi connectivity index (χ0) is 13.0. The number of ether oxygens (including phenoxy) is 2. The molecule has 1 unspecified atom stereocenters. The molecule has 0 bridgehead atoms. The molecule has 0 aromatic heterocycles. The van der Waals surface area contributed by atoms with E-state index in [1.807, 2.05) is 12.1 Å². The van der Waals surface area contributed by atoms with Crippen molar-refractivity contribution in [3.8, 4) is 5.75 Å². The molecule has 1 aromatic carbocycles. The molecule has 0 saturated heterocycles. The minimum atomic E-state index is -0.205. The van der Waals surface area contributed by atoms with Gasteiger partial charge in [0.25, 0.3) is 0 Å². The molecule has 0 aliphatic carbocycles. The number of hydrogen-bond acceptors (Lipinski definition) is 3. The lowest BCUT2D eigenvalue weighted by Gasteiger charge is -2.27. The van der Waals surface area contributed by atoms with Crippen LogP contribution in [0.1, 0.15) is 31.9 Å². The summed E-state index contributed by atoms with van der Waals surface area (Å²) in [6, 6.07) is 8.45. The first-order valence-corrected chi connectivity index (χ1v) is 6.39. The van der Waals surface area contributed by atoms with Crippen molar-refractivity contribution in [3.63, 3.8) is 0 Å². The fourth-order valence-corrected chi connectivity index (χ4v) is 2.37. The van der Waals surface area contributed by atoms with E-state index in [1.165, 1.54) is 11.8 Å². The van der Waals surface area contributed by atoms with E-state index < -0.39 is 0 Å². The Morgan fingerprint density at radius 3 is 3.00 bits per heavy atom. The average Bonchev–Trinajstić information content (AvgIpc) is 2.60. The van der Waals surface area contributed by atoms with Crippen LogP contribution in [-0.2, 0) is 4.74 Å². The van der Waals surface area contributed by atoms with Gasteiger partial charge in [0.15, 0.2) is 0 Å². The van der Waals surface area contributed by atoms with Crippen molar-refractivity contribution in [1.29, 1.82) is 0 Å². The summed E-state index contributed by atoms with van der Waals surface area (Å²) < 4.78 is 11.1. The SMILES string of the molecule is C=COCCCNC1c2ccccc2OC1(C)C. The average molecular weight is 247 g/mol. The van der Waals surface area contributed by atoms with Crippen molar-refractivity contribution in [3.05, 3.63) is 42.7 Å². The maximum Gasteiger partial charge on any atom is 0.125 e. The van der Waals surface area contributed by atoms with Crippen LogP contribution in [-0.4, -0.2) is 18.8 Å². The first-order valence-electron chi connectivity index (χ1n) is 6.39. The molecule has 0 fully saturated rings. The second-order valence-corrected chi connectivity index (χ2v) is 5.02. The van der Waals surface area contributed by atoms with Gasteiger partial charge in [0.2, 0.25) is 0 Å². The van der Waals surface area contributed by atoms with Gasteiger partial charge in [-0.3, -0.25) is 0 Å². The third-order valence-corrected chi connectivity index (χ3v) is 3.20. The molecule has 2 rings (SSSR count). The minimum absolute atomic E-state index is 0.205. The first-order chi connectivity index (χ1) is 8.65.